The van der Waals surface area contributed by atoms with Crippen molar-refractivity contribution in [1.82, 2.24) is 9.55 Å². The molecule has 0 bridgehead atoms. The lowest BCUT2D eigenvalue weighted by Crippen LogP contribution is -2.36. The van der Waals surface area contributed by atoms with Gasteiger partial charge in [0.15, 0.2) is 0 Å². The number of anilines is 2. The van der Waals surface area contributed by atoms with Gasteiger partial charge in [-0.15, -0.1) is 0 Å². The first kappa shape index (κ1) is 13.9. The topological polar surface area (TPSA) is 107 Å². The van der Waals surface area contributed by atoms with E-state index in [0.717, 1.165) is 24.0 Å². The number of nitrogen functional groups attached to an aromatic ring is 2. The maximum Gasteiger partial charge on any atom is 0.330 e. The van der Waals surface area contributed by atoms with E-state index in [-0.39, 0.29) is 17.5 Å². The Kier molecular flexibility index (Phi) is 3.65. The number of nitrogens with zero attached hydrogens (tertiary/aromatic N) is 1. The zero-order valence-electron chi connectivity index (χ0n) is 11.3. The molecule has 6 heteroatoms. The summed E-state index contributed by atoms with van der Waals surface area (Å²) in [5.41, 5.74) is 12.2. The Bertz CT molecular complexity index is 722. The van der Waals surface area contributed by atoms with E-state index in [1.165, 1.54) is 4.57 Å². The molecule has 20 heavy (non-hydrogen) atoms. The number of hydrogen-bond acceptors (Lipinski definition) is 4. The van der Waals surface area contributed by atoms with Gasteiger partial charge in [0.05, 0.1) is 6.04 Å². The van der Waals surface area contributed by atoms with Crippen LogP contribution in [0.3, 0.4) is 0 Å². The molecule has 5 N–H and O–H groups in total. The second-order valence-corrected chi connectivity index (χ2v) is 4.67. The standard InChI is InChI=1S/C14H18N4O2/c1-3-5-8-6-7-10(9(8)4-2)18-12(16)11(15)13(19)17-14(18)20/h3-5,10H,2,6-7,15-16H2,1H3,(H,17,19,20)/b5-3-. The zero-order chi connectivity index (χ0) is 14.9. The van der Waals surface area contributed by atoms with E-state index in [1.807, 2.05) is 19.1 Å². The molecule has 1 aliphatic carbocycles. The molecule has 0 aliphatic heterocycles. The normalized spacial score (nSPS) is 18.9. The first-order valence-electron chi connectivity index (χ1n) is 6.39. The number of H-pyrrole nitrogens is 1. The molecule has 0 saturated heterocycles. The summed E-state index contributed by atoms with van der Waals surface area (Å²) in [6.07, 6.45) is 7.19. The second kappa shape index (κ2) is 5.24. The van der Waals surface area contributed by atoms with Crippen molar-refractivity contribution in [3.63, 3.8) is 0 Å². The largest absolute Gasteiger partial charge is 0.391 e. The van der Waals surface area contributed by atoms with Crippen LogP contribution in [0.5, 0.6) is 0 Å². The van der Waals surface area contributed by atoms with Crippen molar-refractivity contribution in [2.75, 3.05) is 11.5 Å². The van der Waals surface area contributed by atoms with Gasteiger partial charge < -0.3 is 11.5 Å². The highest BCUT2D eigenvalue weighted by Crippen LogP contribution is 2.37. The van der Waals surface area contributed by atoms with Crippen LogP contribution >= 0.6 is 0 Å². The lowest BCUT2D eigenvalue weighted by atomic mass is 10.1. The Labute approximate surface area is 116 Å². The van der Waals surface area contributed by atoms with Gasteiger partial charge in [-0.1, -0.05) is 24.8 Å². The van der Waals surface area contributed by atoms with Crippen LogP contribution in [-0.2, 0) is 0 Å². The number of hydrogen-bond donors (Lipinski definition) is 3. The maximum absolute atomic E-state index is 12.0. The third-order valence-electron chi connectivity index (χ3n) is 3.54. The Morgan fingerprint density at radius 3 is 2.70 bits per heavy atom. The highest BCUT2D eigenvalue weighted by atomic mass is 16.2. The van der Waals surface area contributed by atoms with E-state index in [0.29, 0.717) is 0 Å². The number of aromatic nitrogens is 2. The molecule has 6 nitrogen and oxygen atoms in total. The Balaban J connectivity index is 2.65. The average Bonchev–Trinajstić information content (AvgIpc) is 2.79. The van der Waals surface area contributed by atoms with E-state index in [9.17, 15) is 9.59 Å². The van der Waals surface area contributed by atoms with Gasteiger partial charge in [-0.05, 0) is 30.9 Å². The fraction of sp³-hybridized carbons (Fsp3) is 0.286. The fourth-order valence-electron chi connectivity index (χ4n) is 2.61. The molecule has 106 valence electrons. The van der Waals surface area contributed by atoms with E-state index < -0.39 is 11.2 Å². The van der Waals surface area contributed by atoms with Crippen LogP contribution in [0.2, 0.25) is 0 Å². The monoisotopic (exact) mass is 274 g/mol. The van der Waals surface area contributed by atoms with Crippen molar-refractivity contribution < 1.29 is 0 Å². The molecule has 0 aromatic carbocycles. The molecule has 1 aromatic rings. The van der Waals surface area contributed by atoms with E-state index in [1.54, 1.807) is 6.08 Å². The summed E-state index contributed by atoms with van der Waals surface area (Å²) in [7, 11) is 0. The summed E-state index contributed by atoms with van der Waals surface area (Å²) in [5.74, 6) is 0.00447. The summed E-state index contributed by atoms with van der Waals surface area (Å²) in [5, 5.41) is 0. The summed E-state index contributed by atoms with van der Waals surface area (Å²) < 4.78 is 1.34. The highest BCUT2D eigenvalue weighted by molar-refractivity contribution is 5.57. The minimum absolute atomic E-state index is 0.00447. The maximum atomic E-state index is 12.0. The van der Waals surface area contributed by atoms with E-state index in [4.69, 9.17) is 11.5 Å². The minimum Gasteiger partial charge on any atom is -0.391 e. The number of allylic oxidation sites excluding steroid dienone is 5. The summed E-state index contributed by atoms with van der Waals surface area (Å²) >= 11 is 0. The van der Waals surface area contributed by atoms with Crippen molar-refractivity contribution in [1.29, 1.82) is 0 Å². The molecule has 0 saturated carbocycles. The molecule has 1 atom stereocenters. The molecule has 0 amide bonds. The van der Waals surface area contributed by atoms with Crippen LogP contribution < -0.4 is 22.7 Å². The van der Waals surface area contributed by atoms with E-state index >= 15 is 0 Å². The SMILES string of the molecule is C=CC1=C(/C=C\C)CCC1n1c(N)c(N)c(=O)[nH]c1=O. The molecule has 0 spiro atoms. The summed E-state index contributed by atoms with van der Waals surface area (Å²) in [6, 6.07) is -0.245. The number of nitrogens with one attached hydrogen (secondary N) is 1. The van der Waals surface area contributed by atoms with Gasteiger partial charge in [0.25, 0.3) is 5.56 Å². The first-order valence-corrected chi connectivity index (χ1v) is 6.39. The zero-order valence-corrected chi connectivity index (χ0v) is 11.3. The lowest BCUT2D eigenvalue weighted by Gasteiger charge is -2.19. The van der Waals surface area contributed by atoms with Crippen LogP contribution in [0, 0.1) is 0 Å². The Morgan fingerprint density at radius 2 is 2.10 bits per heavy atom. The molecule has 0 radical (unpaired) electrons. The first-order chi connectivity index (χ1) is 9.51. The van der Waals surface area contributed by atoms with Crippen molar-refractivity contribution in [3.8, 4) is 0 Å². The van der Waals surface area contributed by atoms with Gasteiger partial charge in [-0.3, -0.25) is 14.3 Å². The van der Waals surface area contributed by atoms with Gasteiger partial charge in [0, 0.05) is 0 Å². The minimum atomic E-state index is -0.653. The number of rotatable bonds is 3. The molecular formula is C14H18N4O2. The van der Waals surface area contributed by atoms with Crippen LogP contribution in [0.1, 0.15) is 25.8 Å². The molecule has 1 aliphatic rings. The highest BCUT2D eigenvalue weighted by Gasteiger charge is 2.27. The second-order valence-electron chi connectivity index (χ2n) is 4.67. The molecule has 0 fully saturated rings. The van der Waals surface area contributed by atoms with Crippen LogP contribution in [-0.4, -0.2) is 9.55 Å². The van der Waals surface area contributed by atoms with Crippen molar-refractivity contribution in [3.05, 3.63) is 56.8 Å². The molecular weight excluding hydrogens is 256 g/mol. The van der Waals surface area contributed by atoms with E-state index in [2.05, 4.69) is 11.6 Å². The average molecular weight is 274 g/mol. The Morgan fingerprint density at radius 1 is 1.40 bits per heavy atom. The van der Waals surface area contributed by atoms with Crippen LogP contribution in [0.25, 0.3) is 0 Å². The number of aromatic amines is 1. The molecule has 1 heterocycles. The third-order valence-corrected chi connectivity index (χ3v) is 3.54. The van der Waals surface area contributed by atoms with Gasteiger partial charge in [0.1, 0.15) is 11.5 Å². The third kappa shape index (κ3) is 2.09. The predicted octanol–water partition coefficient (Wildman–Crippen LogP) is 1.09. The predicted molar refractivity (Wildman–Crippen MR) is 80.5 cm³/mol. The Hall–Kier alpha value is -2.50. The number of nitrogens with two attached hydrogens (primary N) is 2. The van der Waals surface area contributed by atoms with Gasteiger partial charge in [-0.25, -0.2) is 4.79 Å². The van der Waals surface area contributed by atoms with Crippen molar-refractivity contribution in [2.45, 2.75) is 25.8 Å². The summed E-state index contributed by atoms with van der Waals surface area (Å²) in [6.45, 7) is 5.73. The molecule has 1 unspecified atom stereocenters. The van der Waals surface area contributed by atoms with Gasteiger partial charge in [-0.2, -0.15) is 0 Å². The van der Waals surface area contributed by atoms with Crippen molar-refractivity contribution >= 4 is 11.5 Å². The fourth-order valence-corrected chi connectivity index (χ4v) is 2.61. The van der Waals surface area contributed by atoms with Crippen LogP contribution in [0.15, 0.2) is 45.5 Å². The molecule has 1 aromatic heterocycles. The summed E-state index contributed by atoms with van der Waals surface area (Å²) in [4.78, 5) is 25.6. The molecule has 2 rings (SSSR count). The van der Waals surface area contributed by atoms with Gasteiger partial charge >= 0.3 is 5.69 Å². The van der Waals surface area contributed by atoms with Crippen molar-refractivity contribution in [2.24, 2.45) is 0 Å². The smallest absolute Gasteiger partial charge is 0.330 e. The lowest BCUT2D eigenvalue weighted by molar-refractivity contribution is 0.551. The van der Waals surface area contributed by atoms with Crippen LogP contribution in [0.4, 0.5) is 11.5 Å². The quantitative estimate of drug-likeness (QED) is 0.767. The van der Waals surface area contributed by atoms with Gasteiger partial charge in [0.2, 0.25) is 0 Å².